The number of benzene rings is 2. The highest BCUT2D eigenvalue weighted by Gasteiger charge is 2.41. The summed E-state index contributed by atoms with van der Waals surface area (Å²) in [6, 6.07) is 8.91. The lowest BCUT2D eigenvalue weighted by atomic mass is 9.96. The molecule has 0 radical (unpaired) electrons. The van der Waals surface area contributed by atoms with E-state index in [0.29, 0.717) is 30.8 Å². The topological polar surface area (TPSA) is 32.7 Å². The van der Waals surface area contributed by atoms with Crippen LogP contribution in [0.4, 0.5) is 13.2 Å². The van der Waals surface area contributed by atoms with Crippen LogP contribution in [0.2, 0.25) is 0 Å². The van der Waals surface area contributed by atoms with Gasteiger partial charge in [-0.3, -0.25) is 4.90 Å². The van der Waals surface area contributed by atoms with Crippen LogP contribution in [0.3, 0.4) is 0 Å². The van der Waals surface area contributed by atoms with Gasteiger partial charge in [0, 0.05) is 18.7 Å². The summed E-state index contributed by atoms with van der Waals surface area (Å²) < 4.78 is 44.2. The fourth-order valence-corrected chi connectivity index (χ4v) is 3.33. The van der Waals surface area contributed by atoms with Gasteiger partial charge in [-0.15, -0.1) is 0 Å². The Labute approximate surface area is 138 Å². The van der Waals surface area contributed by atoms with Gasteiger partial charge in [0.25, 0.3) is 0 Å². The van der Waals surface area contributed by atoms with Crippen molar-refractivity contribution in [3.63, 3.8) is 0 Å². The molecule has 2 aromatic rings. The zero-order valence-corrected chi connectivity index (χ0v) is 13.4. The van der Waals surface area contributed by atoms with Crippen molar-refractivity contribution in [3.8, 4) is 11.5 Å². The van der Waals surface area contributed by atoms with Crippen LogP contribution in [0.15, 0.2) is 30.3 Å². The molecule has 24 heavy (non-hydrogen) atoms. The van der Waals surface area contributed by atoms with E-state index in [4.69, 9.17) is 4.74 Å². The summed E-state index contributed by atoms with van der Waals surface area (Å²) in [5, 5.41) is 12.0. The van der Waals surface area contributed by atoms with Crippen molar-refractivity contribution in [1.82, 2.24) is 4.90 Å². The number of phenols is 1. The molecule has 3 rings (SSSR count). The number of methoxy groups -OCH3 is 1. The van der Waals surface area contributed by atoms with Gasteiger partial charge in [0.2, 0.25) is 0 Å². The third kappa shape index (κ3) is 3.43. The van der Waals surface area contributed by atoms with Gasteiger partial charge in [-0.1, -0.05) is 12.1 Å². The molecule has 0 bridgehead atoms. The highest BCUT2D eigenvalue weighted by atomic mass is 19.4. The van der Waals surface area contributed by atoms with E-state index < -0.39 is 12.1 Å². The number of alkyl halides is 3. The van der Waals surface area contributed by atoms with E-state index in [1.807, 2.05) is 18.2 Å². The molecule has 1 aliphatic heterocycles. The average molecular weight is 339 g/mol. The second-order valence-electron chi connectivity index (χ2n) is 6.27. The molecule has 6 heteroatoms. The molecular formula is C18H20F3NO2. The van der Waals surface area contributed by atoms with Crippen LogP contribution in [-0.2, 0) is 6.54 Å². The lowest BCUT2D eigenvalue weighted by molar-refractivity contribution is -0.187. The van der Waals surface area contributed by atoms with E-state index in [0.717, 1.165) is 10.8 Å². The Balaban J connectivity index is 1.90. The first-order chi connectivity index (χ1) is 11.4. The number of rotatable bonds is 3. The van der Waals surface area contributed by atoms with Crippen LogP contribution in [0.1, 0.15) is 18.4 Å². The minimum atomic E-state index is -4.16. The number of likely N-dealkylation sites (tertiary alicyclic amines) is 1. The van der Waals surface area contributed by atoms with Gasteiger partial charge in [0.15, 0.2) is 0 Å². The number of fused-ring (bicyclic) bond motifs is 1. The molecule has 0 saturated carbocycles. The number of halogens is 3. The van der Waals surface area contributed by atoms with Crippen LogP contribution >= 0.6 is 0 Å². The molecule has 1 heterocycles. The van der Waals surface area contributed by atoms with E-state index in [-0.39, 0.29) is 18.7 Å². The maximum absolute atomic E-state index is 13.0. The summed E-state index contributed by atoms with van der Waals surface area (Å²) in [7, 11) is 1.56. The summed E-state index contributed by atoms with van der Waals surface area (Å²) in [5.41, 5.74) is 0.647. The van der Waals surface area contributed by atoms with Gasteiger partial charge in [0.05, 0.1) is 13.0 Å². The Morgan fingerprint density at radius 2 is 2.00 bits per heavy atom. The maximum Gasteiger partial charge on any atom is 0.393 e. The molecule has 0 amide bonds. The predicted molar refractivity (Wildman–Crippen MR) is 86.2 cm³/mol. The molecule has 3 nitrogen and oxygen atoms in total. The molecule has 0 spiro atoms. The first-order valence-corrected chi connectivity index (χ1v) is 7.96. The smallest absolute Gasteiger partial charge is 0.393 e. The van der Waals surface area contributed by atoms with Crippen molar-refractivity contribution in [2.24, 2.45) is 5.92 Å². The summed E-state index contributed by atoms with van der Waals surface area (Å²) in [5.74, 6) is -0.538. The molecular weight excluding hydrogens is 319 g/mol. The second-order valence-corrected chi connectivity index (χ2v) is 6.27. The molecule has 1 atom stereocenters. The van der Waals surface area contributed by atoms with Crippen molar-refractivity contribution in [2.45, 2.75) is 25.6 Å². The van der Waals surface area contributed by atoms with Crippen LogP contribution in [0.25, 0.3) is 10.8 Å². The molecule has 1 fully saturated rings. The Hall–Kier alpha value is -1.95. The largest absolute Gasteiger partial charge is 0.508 e. The second kappa shape index (κ2) is 6.51. The summed E-state index contributed by atoms with van der Waals surface area (Å²) in [4.78, 5) is 1.77. The molecule has 1 aliphatic rings. The number of aromatic hydroxyl groups is 1. The van der Waals surface area contributed by atoms with Gasteiger partial charge in [0.1, 0.15) is 11.5 Å². The van der Waals surface area contributed by atoms with Gasteiger partial charge in [-0.2, -0.15) is 13.2 Å². The highest BCUT2D eigenvalue weighted by molar-refractivity contribution is 5.88. The number of ether oxygens (including phenoxy) is 1. The van der Waals surface area contributed by atoms with Crippen LogP contribution in [0.5, 0.6) is 11.5 Å². The molecule has 130 valence electrons. The van der Waals surface area contributed by atoms with Crippen molar-refractivity contribution >= 4 is 10.8 Å². The average Bonchev–Trinajstić information content (AvgIpc) is 2.56. The van der Waals surface area contributed by atoms with Crippen molar-refractivity contribution in [1.29, 1.82) is 0 Å². The van der Waals surface area contributed by atoms with Crippen LogP contribution in [0, 0.1) is 5.92 Å². The van der Waals surface area contributed by atoms with Crippen LogP contribution in [-0.4, -0.2) is 36.4 Å². The first kappa shape index (κ1) is 16.9. The third-order valence-corrected chi connectivity index (χ3v) is 4.67. The van der Waals surface area contributed by atoms with Crippen LogP contribution < -0.4 is 4.74 Å². The van der Waals surface area contributed by atoms with E-state index in [1.165, 1.54) is 0 Å². The number of hydrogen-bond acceptors (Lipinski definition) is 3. The predicted octanol–water partition coefficient (Wildman–Crippen LogP) is 4.33. The third-order valence-electron chi connectivity index (χ3n) is 4.67. The fourth-order valence-electron chi connectivity index (χ4n) is 3.33. The van der Waals surface area contributed by atoms with Gasteiger partial charge < -0.3 is 9.84 Å². The molecule has 0 aromatic heterocycles. The zero-order chi connectivity index (χ0) is 17.3. The normalized spacial score (nSPS) is 19.6. The maximum atomic E-state index is 13.0. The summed E-state index contributed by atoms with van der Waals surface area (Å²) in [6.07, 6.45) is -3.48. The number of nitrogens with zero attached hydrogens (tertiary/aromatic N) is 1. The van der Waals surface area contributed by atoms with Crippen molar-refractivity contribution in [3.05, 3.63) is 35.9 Å². The van der Waals surface area contributed by atoms with E-state index in [9.17, 15) is 18.3 Å². The van der Waals surface area contributed by atoms with E-state index >= 15 is 0 Å². The Bertz CT molecular complexity index is 730. The Morgan fingerprint density at radius 3 is 2.71 bits per heavy atom. The number of hydrogen-bond donors (Lipinski definition) is 1. The fraction of sp³-hybridized carbons (Fsp3) is 0.444. The molecule has 0 aliphatic carbocycles. The minimum Gasteiger partial charge on any atom is -0.508 e. The lowest BCUT2D eigenvalue weighted by Crippen LogP contribution is -2.41. The molecule has 1 saturated heterocycles. The highest BCUT2D eigenvalue weighted by Crippen LogP contribution is 2.36. The van der Waals surface area contributed by atoms with E-state index in [2.05, 4.69) is 0 Å². The molecule has 1 N–H and O–H groups in total. The number of phenolic OH excluding ortho intramolecular Hbond substituents is 1. The zero-order valence-electron chi connectivity index (χ0n) is 13.4. The molecule has 2 aromatic carbocycles. The summed E-state index contributed by atoms with van der Waals surface area (Å²) in [6.45, 7) is 0.874. The van der Waals surface area contributed by atoms with E-state index in [1.54, 1.807) is 24.1 Å². The first-order valence-electron chi connectivity index (χ1n) is 7.96. The van der Waals surface area contributed by atoms with Crippen molar-refractivity contribution < 1.29 is 23.0 Å². The SMILES string of the molecule is COc1ccc2ccc(O)c(CN3CCCC(C(F)(F)F)C3)c2c1. The minimum absolute atomic E-state index is 0.0245. The Morgan fingerprint density at radius 1 is 1.25 bits per heavy atom. The van der Waals surface area contributed by atoms with Crippen molar-refractivity contribution in [2.75, 3.05) is 20.2 Å². The van der Waals surface area contributed by atoms with Gasteiger partial charge in [-0.05, 0) is 48.4 Å². The standard InChI is InChI=1S/C18H20F3NO2/c1-24-14-6-4-12-5-7-17(23)16(15(12)9-14)11-22-8-2-3-13(10-22)18(19,20)21/h4-7,9,13,23H,2-3,8,10-11H2,1H3. The van der Waals surface area contributed by atoms with Gasteiger partial charge >= 0.3 is 6.18 Å². The quantitative estimate of drug-likeness (QED) is 0.903. The number of piperidine rings is 1. The molecule has 1 unspecified atom stereocenters. The van der Waals surface area contributed by atoms with Gasteiger partial charge in [-0.25, -0.2) is 0 Å². The summed E-state index contributed by atoms with van der Waals surface area (Å²) >= 11 is 0. The lowest BCUT2D eigenvalue weighted by Gasteiger charge is -2.34. The Kier molecular flexibility index (Phi) is 4.58. The monoisotopic (exact) mass is 339 g/mol.